The predicted molar refractivity (Wildman–Crippen MR) is 238 cm³/mol. The lowest BCUT2D eigenvalue weighted by molar-refractivity contribution is 0.660. The molecule has 0 spiro atoms. The molecule has 0 heterocycles. The first-order valence-electron chi connectivity index (χ1n) is 19.5. The zero-order valence-corrected chi connectivity index (χ0v) is 31.7. The van der Waals surface area contributed by atoms with E-state index in [4.69, 9.17) is 0 Å². The number of hydrogen-bond acceptors (Lipinski definition) is 1. The van der Waals surface area contributed by atoms with Gasteiger partial charge >= 0.3 is 0 Å². The van der Waals surface area contributed by atoms with Gasteiger partial charge in [-0.05, 0) is 126 Å². The highest BCUT2D eigenvalue weighted by molar-refractivity contribution is 5.89. The van der Waals surface area contributed by atoms with Gasteiger partial charge in [-0.3, -0.25) is 0 Å². The average Bonchev–Trinajstić information content (AvgIpc) is 3.49. The molecule has 0 unspecified atom stereocenters. The normalized spacial score (nSPS) is 12.6. The van der Waals surface area contributed by atoms with Crippen LogP contribution in [0.15, 0.2) is 212 Å². The van der Waals surface area contributed by atoms with Crippen LogP contribution in [0.5, 0.6) is 0 Å². The van der Waals surface area contributed by atoms with Crippen LogP contribution in [0.4, 0.5) is 17.1 Å². The summed E-state index contributed by atoms with van der Waals surface area (Å²) in [5.41, 5.74) is 18.3. The van der Waals surface area contributed by atoms with E-state index in [1.807, 2.05) is 0 Å². The molecule has 10 rings (SSSR count). The first kappa shape index (κ1) is 33.6. The van der Waals surface area contributed by atoms with Crippen LogP contribution in [0.2, 0.25) is 0 Å². The van der Waals surface area contributed by atoms with E-state index >= 15 is 0 Å². The predicted octanol–water partition coefficient (Wildman–Crippen LogP) is 15.3. The van der Waals surface area contributed by atoms with Crippen LogP contribution in [-0.4, -0.2) is 0 Å². The minimum Gasteiger partial charge on any atom is -0.310 e. The third kappa shape index (κ3) is 5.99. The lowest BCUT2D eigenvalue weighted by atomic mass is 9.82. The van der Waals surface area contributed by atoms with Crippen molar-refractivity contribution in [2.45, 2.75) is 19.3 Å². The Morgan fingerprint density at radius 2 is 0.768 bits per heavy atom. The molecule has 0 bridgehead atoms. The number of nitrogens with zero attached hydrogens (tertiary/aromatic N) is 1. The summed E-state index contributed by atoms with van der Waals surface area (Å²) >= 11 is 0. The molecule has 0 aromatic heterocycles. The standard InChI is InChI=1S/C55H41N/c1-55(2)53-21-9-8-20-51(53)52-33-32-50(37-54(52)55)56(49-19-11-18-46(36-49)41-24-22-40(23-25-41)38-12-4-3-5-13-38)48-30-28-42(29-31-48)44-16-10-17-45(34-44)47-27-26-39-14-6-7-15-43(39)35-47/h3-37H,1-2H3. The number of fused-ring (bicyclic) bond motifs is 4. The van der Waals surface area contributed by atoms with Crippen molar-refractivity contribution < 1.29 is 0 Å². The second-order valence-corrected chi connectivity index (χ2v) is 15.4. The van der Waals surface area contributed by atoms with Crippen molar-refractivity contribution >= 4 is 27.8 Å². The summed E-state index contributed by atoms with van der Waals surface area (Å²) in [6, 6.07) is 77.6. The minimum absolute atomic E-state index is 0.101. The van der Waals surface area contributed by atoms with Crippen LogP contribution in [-0.2, 0) is 5.41 Å². The highest BCUT2D eigenvalue weighted by Gasteiger charge is 2.35. The Morgan fingerprint density at radius 1 is 0.286 bits per heavy atom. The first-order chi connectivity index (χ1) is 27.5. The summed E-state index contributed by atoms with van der Waals surface area (Å²) in [7, 11) is 0. The van der Waals surface area contributed by atoms with E-state index in [0.717, 1.165) is 17.1 Å². The van der Waals surface area contributed by atoms with Gasteiger partial charge in [0.15, 0.2) is 0 Å². The topological polar surface area (TPSA) is 3.24 Å². The van der Waals surface area contributed by atoms with E-state index in [-0.39, 0.29) is 5.41 Å². The van der Waals surface area contributed by atoms with Crippen molar-refractivity contribution in [1.29, 1.82) is 0 Å². The van der Waals surface area contributed by atoms with Crippen molar-refractivity contribution in [3.8, 4) is 55.6 Å². The van der Waals surface area contributed by atoms with Crippen LogP contribution in [0.3, 0.4) is 0 Å². The summed E-state index contributed by atoms with van der Waals surface area (Å²) < 4.78 is 0. The molecule has 0 fully saturated rings. The molecular formula is C55H41N. The molecule has 0 saturated heterocycles. The third-order valence-corrected chi connectivity index (χ3v) is 11.7. The number of anilines is 3. The van der Waals surface area contributed by atoms with Gasteiger partial charge in [0.25, 0.3) is 0 Å². The van der Waals surface area contributed by atoms with Crippen molar-refractivity contribution in [2.24, 2.45) is 0 Å². The van der Waals surface area contributed by atoms with Gasteiger partial charge in [-0.15, -0.1) is 0 Å². The highest BCUT2D eigenvalue weighted by atomic mass is 15.1. The fourth-order valence-corrected chi connectivity index (χ4v) is 8.64. The molecule has 9 aromatic carbocycles. The summed E-state index contributed by atoms with van der Waals surface area (Å²) in [5, 5.41) is 2.52. The Bertz CT molecular complexity index is 2860. The summed E-state index contributed by atoms with van der Waals surface area (Å²) in [6.07, 6.45) is 0. The van der Waals surface area contributed by atoms with E-state index in [2.05, 4.69) is 231 Å². The average molecular weight is 716 g/mol. The molecule has 1 nitrogen and oxygen atoms in total. The number of rotatable bonds is 7. The number of hydrogen-bond donors (Lipinski definition) is 0. The van der Waals surface area contributed by atoms with Crippen molar-refractivity contribution in [1.82, 2.24) is 0 Å². The van der Waals surface area contributed by atoms with Crippen molar-refractivity contribution in [2.75, 3.05) is 4.90 Å². The third-order valence-electron chi connectivity index (χ3n) is 11.7. The SMILES string of the molecule is CC1(C)c2ccccc2-c2ccc(N(c3ccc(-c4cccc(-c5ccc6ccccc6c5)c4)cc3)c3cccc(-c4ccc(-c5ccccc5)cc4)c3)cc21. The van der Waals surface area contributed by atoms with Gasteiger partial charge in [-0.25, -0.2) is 0 Å². The van der Waals surface area contributed by atoms with Gasteiger partial charge in [-0.2, -0.15) is 0 Å². The van der Waals surface area contributed by atoms with Gasteiger partial charge in [0.1, 0.15) is 0 Å². The Hall–Kier alpha value is -6.96. The second-order valence-electron chi connectivity index (χ2n) is 15.4. The lowest BCUT2D eigenvalue weighted by Crippen LogP contribution is -2.16. The summed E-state index contributed by atoms with van der Waals surface area (Å²) in [5.74, 6) is 0. The Balaban J connectivity index is 1.04. The molecule has 266 valence electrons. The first-order valence-corrected chi connectivity index (χ1v) is 19.5. The van der Waals surface area contributed by atoms with Crippen LogP contribution >= 0.6 is 0 Å². The molecule has 1 aliphatic rings. The molecule has 0 saturated carbocycles. The fourth-order valence-electron chi connectivity index (χ4n) is 8.64. The molecule has 0 amide bonds. The van der Waals surface area contributed by atoms with E-state index in [9.17, 15) is 0 Å². The maximum absolute atomic E-state index is 2.41. The summed E-state index contributed by atoms with van der Waals surface area (Å²) in [4.78, 5) is 2.41. The van der Waals surface area contributed by atoms with Gasteiger partial charge in [0.05, 0.1) is 0 Å². The zero-order valence-electron chi connectivity index (χ0n) is 31.7. The van der Waals surface area contributed by atoms with Crippen LogP contribution in [0.25, 0.3) is 66.4 Å². The Labute approximate surface area is 329 Å². The van der Waals surface area contributed by atoms with Crippen LogP contribution in [0, 0.1) is 0 Å². The summed E-state index contributed by atoms with van der Waals surface area (Å²) in [6.45, 7) is 4.71. The molecule has 0 aliphatic heterocycles. The van der Waals surface area contributed by atoms with E-state index in [1.54, 1.807) is 0 Å². The quantitative estimate of drug-likeness (QED) is 0.159. The van der Waals surface area contributed by atoms with E-state index in [1.165, 1.54) is 77.5 Å². The minimum atomic E-state index is -0.101. The molecule has 1 heteroatoms. The van der Waals surface area contributed by atoms with Crippen LogP contribution in [0.1, 0.15) is 25.0 Å². The number of benzene rings is 9. The largest absolute Gasteiger partial charge is 0.310 e. The van der Waals surface area contributed by atoms with Crippen LogP contribution < -0.4 is 4.90 Å². The second kappa shape index (κ2) is 13.7. The Kier molecular flexibility index (Phi) is 8.23. The molecule has 0 atom stereocenters. The molecule has 0 radical (unpaired) electrons. The smallest absolute Gasteiger partial charge is 0.0467 e. The monoisotopic (exact) mass is 715 g/mol. The maximum Gasteiger partial charge on any atom is 0.0467 e. The molecule has 1 aliphatic carbocycles. The zero-order chi connectivity index (χ0) is 37.6. The molecule has 0 N–H and O–H groups in total. The molecule has 9 aromatic rings. The van der Waals surface area contributed by atoms with Gasteiger partial charge in [0.2, 0.25) is 0 Å². The van der Waals surface area contributed by atoms with Gasteiger partial charge in [0, 0.05) is 22.5 Å². The van der Waals surface area contributed by atoms with Crippen molar-refractivity contribution in [3.05, 3.63) is 223 Å². The fraction of sp³-hybridized carbons (Fsp3) is 0.0545. The van der Waals surface area contributed by atoms with Gasteiger partial charge < -0.3 is 4.90 Å². The Morgan fingerprint density at radius 3 is 1.54 bits per heavy atom. The maximum atomic E-state index is 2.41. The van der Waals surface area contributed by atoms with Gasteiger partial charge in [-0.1, -0.05) is 178 Å². The van der Waals surface area contributed by atoms with E-state index < -0.39 is 0 Å². The van der Waals surface area contributed by atoms with Crippen molar-refractivity contribution in [3.63, 3.8) is 0 Å². The molecule has 56 heavy (non-hydrogen) atoms. The molecular weight excluding hydrogens is 675 g/mol. The van der Waals surface area contributed by atoms with E-state index in [0.29, 0.717) is 0 Å². The lowest BCUT2D eigenvalue weighted by Gasteiger charge is -2.28. The highest BCUT2D eigenvalue weighted by Crippen LogP contribution is 2.50.